The fourth-order valence-corrected chi connectivity index (χ4v) is 3.90. The van der Waals surface area contributed by atoms with E-state index in [9.17, 15) is 0 Å². The maximum atomic E-state index is 5.90. The zero-order valence-electron chi connectivity index (χ0n) is 12.8. The maximum Gasteiger partial charge on any atom is 0.390 e. The average molecular weight is 334 g/mol. The summed E-state index contributed by atoms with van der Waals surface area (Å²) in [5.74, 6) is 0.358. The molecule has 2 aromatic heterocycles. The van der Waals surface area contributed by atoms with Gasteiger partial charge in [0.25, 0.3) is 5.65 Å². The topological polar surface area (TPSA) is 81.7 Å². The number of fused-ring (bicyclic) bond motifs is 1. The number of aromatic nitrogens is 4. The Labute approximate surface area is 143 Å². The summed E-state index contributed by atoms with van der Waals surface area (Å²) in [6.07, 6.45) is 1.63. The second-order valence-corrected chi connectivity index (χ2v) is 6.49. The molecule has 24 heavy (non-hydrogen) atoms. The van der Waals surface area contributed by atoms with Crippen LogP contribution in [0.4, 0.5) is 5.95 Å². The van der Waals surface area contributed by atoms with E-state index in [0.717, 1.165) is 10.5 Å². The van der Waals surface area contributed by atoms with E-state index >= 15 is 0 Å². The van der Waals surface area contributed by atoms with E-state index in [4.69, 9.17) is 5.73 Å². The summed E-state index contributed by atoms with van der Waals surface area (Å²) < 4.78 is 0. The molecular formula is C18H16N5S+. The van der Waals surface area contributed by atoms with Crippen LogP contribution in [0.3, 0.4) is 0 Å². The first-order valence-electron chi connectivity index (χ1n) is 7.59. The van der Waals surface area contributed by atoms with Crippen molar-refractivity contribution < 1.29 is 4.98 Å². The number of nitrogens with two attached hydrogens (primary N) is 1. The van der Waals surface area contributed by atoms with E-state index in [1.54, 1.807) is 18.1 Å². The van der Waals surface area contributed by atoms with Gasteiger partial charge in [-0.1, -0.05) is 72.4 Å². The molecule has 0 fully saturated rings. The lowest BCUT2D eigenvalue weighted by molar-refractivity contribution is -0.410. The molecule has 0 saturated carbocycles. The van der Waals surface area contributed by atoms with Gasteiger partial charge in [0.05, 0.1) is 11.6 Å². The minimum absolute atomic E-state index is 0.136. The number of nitrogens with one attached hydrogen (secondary N) is 2. The van der Waals surface area contributed by atoms with Crippen molar-refractivity contribution in [2.24, 2.45) is 0 Å². The Kier molecular flexibility index (Phi) is 3.88. The average Bonchev–Trinajstić information content (AvgIpc) is 3.09. The highest BCUT2D eigenvalue weighted by Gasteiger charge is 2.21. The highest BCUT2D eigenvalue weighted by Crippen LogP contribution is 2.40. The standard InChI is InChI=1S/C18H15N5S/c19-18-22-16-14(20-11-21-16)17(23-18)24-15(12-7-3-1-4-8-12)13-9-5-2-6-10-13/h1-11,15H,(H3,19,20,21,22,23)/p+1. The van der Waals surface area contributed by atoms with Gasteiger partial charge in [-0.3, -0.25) is 5.73 Å². The molecule has 0 spiro atoms. The van der Waals surface area contributed by atoms with Gasteiger partial charge in [0.2, 0.25) is 0 Å². The molecule has 0 unspecified atom stereocenters. The summed E-state index contributed by atoms with van der Waals surface area (Å²) in [4.78, 5) is 14.7. The molecule has 4 N–H and O–H groups in total. The van der Waals surface area contributed by atoms with Crippen LogP contribution in [0.25, 0.3) is 11.2 Å². The Morgan fingerprint density at radius 3 is 2.21 bits per heavy atom. The Hall–Kier alpha value is -2.86. The minimum atomic E-state index is 0.136. The number of rotatable bonds is 4. The molecule has 118 valence electrons. The monoisotopic (exact) mass is 334 g/mol. The largest absolute Gasteiger partial charge is 0.390 e. The summed E-state index contributed by atoms with van der Waals surface area (Å²) in [6, 6.07) is 20.8. The molecule has 0 bridgehead atoms. The van der Waals surface area contributed by atoms with E-state index < -0.39 is 0 Å². The van der Waals surface area contributed by atoms with Gasteiger partial charge >= 0.3 is 5.95 Å². The first-order valence-corrected chi connectivity index (χ1v) is 8.47. The van der Waals surface area contributed by atoms with E-state index in [1.807, 2.05) is 12.1 Å². The molecule has 6 heteroatoms. The lowest BCUT2D eigenvalue weighted by Crippen LogP contribution is -2.16. The number of anilines is 1. The quantitative estimate of drug-likeness (QED) is 0.443. The van der Waals surface area contributed by atoms with Gasteiger partial charge in [0.15, 0.2) is 5.03 Å². The minimum Gasteiger partial charge on any atom is -0.339 e. The number of thioether (sulfide) groups is 1. The van der Waals surface area contributed by atoms with Crippen molar-refractivity contribution >= 4 is 28.9 Å². The van der Waals surface area contributed by atoms with Crippen molar-refractivity contribution in [3.05, 3.63) is 78.1 Å². The first kappa shape index (κ1) is 14.7. The van der Waals surface area contributed by atoms with Crippen LogP contribution in [-0.2, 0) is 0 Å². The Morgan fingerprint density at radius 2 is 1.58 bits per heavy atom. The lowest BCUT2D eigenvalue weighted by Gasteiger charge is -2.16. The van der Waals surface area contributed by atoms with Crippen LogP contribution in [-0.4, -0.2) is 15.0 Å². The zero-order chi connectivity index (χ0) is 16.4. The smallest absolute Gasteiger partial charge is 0.339 e. The molecule has 0 aliphatic heterocycles. The molecule has 0 aliphatic carbocycles. The normalized spacial score (nSPS) is 11.2. The summed E-state index contributed by atoms with van der Waals surface area (Å²) in [6.45, 7) is 0. The highest BCUT2D eigenvalue weighted by atomic mass is 32.2. The summed E-state index contributed by atoms with van der Waals surface area (Å²) in [5.41, 5.74) is 9.84. The number of benzene rings is 2. The molecule has 5 nitrogen and oxygen atoms in total. The van der Waals surface area contributed by atoms with Gasteiger partial charge in [0, 0.05) is 0 Å². The van der Waals surface area contributed by atoms with Crippen LogP contribution >= 0.6 is 11.8 Å². The predicted octanol–water partition coefficient (Wildman–Crippen LogP) is 3.24. The highest BCUT2D eigenvalue weighted by molar-refractivity contribution is 7.99. The van der Waals surface area contributed by atoms with Crippen LogP contribution < -0.4 is 10.7 Å². The maximum absolute atomic E-state index is 5.90. The summed E-state index contributed by atoms with van der Waals surface area (Å²) in [7, 11) is 0. The number of hydrogen-bond donors (Lipinski definition) is 2. The Balaban J connectivity index is 1.81. The third-order valence-corrected chi connectivity index (χ3v) is 5.08. The van der Waals surface area contributed by atoms with Gasteiger partial charge < -0.3 is 4.98 Å². The van der Waals surface area contributed by atoms with Crippen molar-refractivity contribution in [2.75, 3.05) is 5.73 Å². The molecule has 4 rings (SSSR count). The summed E-state index contributed by atoms with van der Waals surface area (Å²) >= 11 is 1.70. The van der Waals surface area contributed by atoms with Crippen LogP contribution in [0.1, 0.15) is 16.4 Å². The number of aromatic amines is 2. The number of nitrogens with zero attached hydrogens (tertiary/aromatic N) is 2. The molecule has 4 aromatic rings. The van der Waals surface area contributed by atoms with E-state index in [0.29, 0.717) is 11.6 Å². The van der Waals surface area contributed by atoms with Gasteiger partial charge in [-0.25, -0.2) is 9.97 Å². The third-order valence-electron chi connectivity index (χ3n) is 3.75. The molecule has 0 radical (unpaired) electrons. The van der Waals surface area contributed by atoms with Crippen LogP contribution in [0.5, 0.6) is 0 Å². The van der Waals surface area contributed by atoms with E-state index in [-0.39, 0.29) is 5.25 Å². The van der Waals surface area contributed by atoms with Gasteiger partial charge in [-0.05, 0) is 16.1 Å². The Morgan fingerprint density at radius 1 is 0.958 bits per heavy atom. The number of H-pyrrole nitrogens is 2. The molecule has 0 amide bonds. The fraction of sp³-hybridized carbons (Fsp3) is 0.0556. The molecule has 2 aromatic carbocycles. The van der Waals surface area contributed by atoms with Crippen LogP contribution in [0.2, 0.25) is 0 Å². The zero-order valence-corrected chi connectivity index (χ0v) is 13.6. The second-order valence-electron chi connectivity index (χ2n) is 5.37. The number of nitrogen functional groups attached to an aromatic ring is 1. The van der Waals surface area contributed by atoms with Crippen molar-refractivity contribution in [3.8, 4) is 0 Å². The van der Waals surface area contributed by atoms with Crippen molar-refractivity contribution in [1.82, 2.24) is 15.0 Å². The van der Waals surface area contributed by atoms with Gasteiger partial charge in [-0.15, -0.1) is 0 Å². The van der Waals surface area contributed by atoms with Gasteiger partial charge in [0.1, 0.15) is 5.52 Å². The third kappa shape index (κ3) is 2.83. The fourth-order valence-electron chi connectivity index (χ4n) is 2.65. The van der Waals surface area contributed by atoms with Gasteiger partial charge in [-0.2, -0.15) is 0 Å². The Bertz CT molecular complexity index is 913. The van der Waals surface area contributed by atoms with E-state index in [2.05, 4.69) is 68.5 Å². The van der Waals surface area contributed by atoms with Crippen molar-refractivity contribution in [2.45, 2.75) is 10.3 Å². The lowest BCUT2D eigenvalue weighted by atomic mass is 10.0. The van der Waals surface area contributed by atoms with Crippen molar-refractivity contribution in [3.63, 3.8) is 0 Å². The van der Waals surface area contributed by atoms with Crippen LogP contribution in [0, 0.1) is 0 Å². The molecule has 0 saturated heterocycles. The second kappa shape index (κ2) is 6.33. The SMILES string of the molecule is Nc1nc2nc[nH]c2c(SC(c2ccccc2)c2ccccc2)[nH+]1. The summed E-state index contributed by atoms with van der Waals surface area (Å²) in [5, 5.41) is 1.06. The molecule has 2 heterocycles. The number of imidazole rings is 1. The molecule has 0 atom stereocenters. The van der Waals surface area contributed by atoms with E-state index in [1.165, 1.54) is 11.1 Å². The molecule has 0 aliphatic rings. The first-order chi connectivity index (χ1) is 11.8. The number of hydrogen-bond acceptors (Lipinski definition) is 4. The van der Waals surface area contributed by atoms with Crippen molar-refractivity contribution in [1.29, 1.82) is 0 Å². The predicted molar refractivity (Wildman–Crippen MR) is 95.4 cm³/mol. The molecular weight excluding hydrogens is 318 g/mol. The van der Waals surface area contributed by atoms with Crippen LogP contribution in [0.15, 0.2) is 72.0 Å².